The third-order valence-electron chi connectivity index (χ3n) is 3.81. The van der Waals surface area contributed by atoms with E-state index in [9.17, 15) is 4.79 Å². The van der Waals surface area contributed by atoms with Gasteiger partial charge in [0.1, 0.15) is 0 Å². The van der Waals surface area contributed by atoms with Crippen LogP contribution in [-0.2, 0) is 0 Å². The van der Waals surface area contributed by atoms with Crippen LogP contribution >= 0.6 is 11.6 Å². The fourth-order valence-electron chi connectivity index (χ4n) is 2.78. The third-order valence-corrected chi connectivity index (χ3v) is 4.12. The Hall–Kier alpha value is -2.85. The summed E-state index contributed by atoms with van der Waals surface area (Å²) in [6, 6.07) is 15.5. The Bertz CT molecular complexity index is 1050. The zero-order valence-corrected chi connectivity index (χ0v) is 12.8. The Labute approximate surface area is 136 Å². The van der Waals surface area contributed by atoms with Gasteiger partial charge in [0.05, 0.1) is 11.0 Å². The van der Waals surface area contributed by atoms with Crippen molar-refractivity contribution in [1.29, 1.82) is 0 Å². The van der Waals surface area contributed by atoms with Gasteiger partial charge in [-0.05, 0) is 47.0 Å². The lowest BCUT2D eigenvalue weighted by molar-refractivity contribution is 1.22. The number of fused-ring (bicyclic) bond motifs is 1. The molecule has 4 nitrogen and oxygen atoms in total. The van der Waals surface area contributed by atoms with Crippen LogP contribution in [-0.4, -0.2) is 15.0 Å². The predicted molar refractivity (Wildman–Crippen MR) is 92.6 cm³/mol. The van der Waals surface area contributed by atoms with Crippen LogP contribution in [0.15, 0.2) is 65.7 Å². The van der Waals surface area contributed by atoms with Gasteiger partial charge in [0.15, 0.2) is 0 Å². The predicted octanol–water partition coefficient (Wildman–Crippen LogP) is 4.24. The van der Waals surface area contributed by atoms with Gasteiger partial charge in [0, 0.05) is 23.0 Å². The Morgan fingerprint density at radius 2 is 1.65 bits per heavy atom. The minimum atomic E-state index is -0.217. The Kier molecular flexibility index (Phi) is 3.24. The Balaban J connectivity index is 1.98. The molecule has 0 bridgehead atoms. The molecule has 0 aliphatic carbocycles. The van der Waals surface area contributed by atoms with Crippen molar-refractivity contribution in [2.75, 3.05) is 0 Å². The Morgan fingerprint density at radius 1 is 0.870 bits per heavy atom. The largest absolute Gasteiger partial charge is 0.323 e. The number of pyridine rings is 1. The highest BCUT2D eigenvalue weighted by Crippen LogP contribution is 2.37. The number of aromatic amines is 2. The molecular formula is C18H12ClN3O. The van der Waals surface area contributed by atoms with Gasteiger partial charge in [-0.1, -0.05) is 29.8 Å². The van der Waals surface area contributed by atoms with E-state index in [4.69, 9.17) is 11.6 Å². The molecule has 23 heavy (non-hydrogen) atoms. The van der Waals surface area contributed by atoms with Gasteiger partial charge in [-0.15, -0.1) is 0 Å². The number of rotatable bonds is 2. The van der Waals surface area contributed by atoms with Crippen molar-refractivity contribution >= 4 is 22.6 Å². The fourth-order valence-corrected chi connectivity index (χ4v) is 3.06. The van der Waals surface area contributed by atoms with Crippen molar-refractivity contribution in [3.8, 4) is 22.3 Å². The second-order valence-electron chi connectivity index (χ2n) is 5.24. The number of benzene rings is 2. The van der Waals surface area contributed by atoms with Crippen LogP contribution in [0.25, 0.3) is 33.3 Å². The highest BCUT2D eigenvalue weighted by atomic mass is 35.5. The van der Waals surface area contributed by atoms with Gasteiger partial charge < -0.3 is 9.97 Å². The fraction of sp³-hybridized carbons (Fsp3) is 0. The standard InChI is InChI=1S/C18H12ClN3O/c19-14-3-1-2-13(11-6-8-20-9-7-11)17(14)12-4-5-15-16(10-12)22-18(23)21-15/h1-10H,(H2,21,22,23). The topological polar surface area (TPSA) is 61.5 Å². The van der Waals surface area contributed by atoms with Crippen LogP contribution in [0.5, 0.6) is 0 Å². The van der Waals surface area contributed by atoms with Crippen LogP contribution in [0, 0.1) is 0 Å². The van der Waals surface area contributed by atoms with Crippen LogP contribution in [0.2, 0.25) is 5.02 Å². The van der Waals surface area contributed by atoms with Crippen molar-refractivity contribution in [2.45, 2.75) is 0 Å². The van der Waals surface area contributed by atoms with Gasteiger partial charge >= 0.3 is 5.69 Å². The molecule has 0 amide bonds. The molecule has 112 valence electrons. The van der Waals surface area contributed by atoms with E-state index in [-0.39, 0.29) is 5.69 Å². The lowest BCUT2D eigenvalue weighted by Gasteiger charge is -2.12. The van der Waals surface area contributed by atoms with Crippen LogP contribution < -0.4 is 5.69 Å². The van der Waals surface area contributed by atoms with E-state index in [0.29, 0.717) is 5.02 Å². The first-order valence-corrected chi connectivity index (χ1v) is 7.51. The van der Waals surface area contributed by atoms with Gasteiger partial charge in [0.25, 0.3) is 0 Å². The summed E-state index contributed by atoms with van der Waals surface area (Å²) < 4.78 is 0. The van der Waals surface area contributed by atoms with E-state index < -0.39 is 0 Å². The molecule has 0 saturated heterocycles. The maximum Gasteiger partial charge on any atom is 0.323 e. The van der Waals surface area contributed by atoms with E-state index in [1.807, 2.05) is 48.5 Å². The van der Waals surface area contributed by atoms with E-state index >= 15 is 0 Å². The van der Waals surface area contributed by atoms with Crippen LogP contribution in [0.3, 0.4) is 0 Å². The number of hydrogen-bond acceptors (Lipinski definition) is 2. The minimum absolute atomic E-state index is 0.217. The zero-order valence-electron chi connectivity index (χ0n) is 12.0. The second kappa shape index (κ2) is 5.41. The molecule has 5 heteroatoms. The number of nitrogens with zero attached hydrogens (tertiary/aromatic N) is 1. The molecule has 4 aromatic rings. The number of hydrogen-bond donors (Lipinski definition) is 2. The van der Waals surface area contributed by atoms with Crippen molar-refractivity contribution in [3.05, 3.63) is 76.4 Å². The summed E-state index contributed by atoms with van der Waals surface area (Å²) in [7, 11) is 0. The molecule has 4 rings (SSSR count). The lowest BCUT2D eigenvalue weighted by Crippen LogP contribution is -1.99. The average molecular weight is 322 g/mol. The molecule has 2 aromatic heterocycles. The average Bonchev–Trinajstić information content (AvgIpc) is 2.94. The van der Waals surface area contributed by atoms with Gasteiger partial charge in [-0.3, -0.25) is 4.98 Å². The number of aromatic nitrogens is 3. The van der Waals surface area contributed by atoms with Crippen molar-refractivity contribution in [1.82, 2.24) is 15.0 Å². The molecule has 2 N–H and O–H groups in total. The second-order valence-corrected chi connectivity index (χ2v) is 5.64. The molecule has 0 aliphatic heterocycles. The third kappa shape index (κ3) is 2.43. The molecular weight excluding hydrogens is 310 g/mol. The van der Waals surface area contributed by atoms with Gasteiger partial charge in [-0.25, -0.2) is 4.79 Å². The van der Waals surface area contributed by atoms with Crippen molar-refractivity contribution in [3.63, 3.8) is 0 Å². The molecule has 0 spiro atoms. The zero-order chi connectivity index (χ0) is 15.8. The summed E-state index contributed by atoms with van der Waals surface area (Å²) in [4.78, 5) is 21.0. The van der Waals surface area contributed by atoms with E-state index in [2.05, 4.69) is 15.0 Å². The SMILES string of the molecule is O=c1[nH]c2ccc(-c3c(Cl)cccc3-c3ccncc3)cc2[nH]1. The molecule has 0 atom stereocenters. The lowest BCUT2D eigenvalue weighted by atomic mass is 9.95. The Morgan fingerprint density at radius 3 is 2.48 bits per heavy atom. The molecule has 2 aromatic carbocycles. The summed E-state index contributed by atoms with van der Waals surface area (Å²) >= 11 is 6.47. The summed E-state index contributed by atoms with van der Waals surface area (Å²) in [6.07, 6.45) is 3.51. The minimum Gasteiger partial charge on any atom is -0.306 e. The van der Waals surface area contributed by atoms with Crippen LogP contribution in [0.4, 0.5) is 0 Å². The highest BCUT2D eigenvalue weighted by molar-refractivity contribution is 6.34. The summed E-state index contributed by atoms with van der Waals surface area (Å²) in [5.74, 6) is 0. The van der Waals surface area contributed by atoms with Gasteiger partial charge in [-0.2, -0.15) is 0 Å². The number of nitrogens with one attached hydrogen (secondary N) is 2. The molecule has 0 saturated carbocycles. The van der Waals surface area contributed by atoms with Gasteiger partial charge in [0.2, 0.25) is 0 Å². The van der Waals surface area contributed by atoms with E-state index in [0.717, 1.165) is 33.3 Å². The molecule has 0 radical (unpaired) electrons. The molecule has 0 unspecified atom stereocenters. The monoisotopic (exact) mass is 321 g/mol. The summed E-state index contributed by atoms with van der Waals surface area (Å²) in [5.41, 5.74) is 5.27. The maximum atomic E-state index is 11.4. The first-order valence-electron chi connectivity index (χ1n) is 7.14. The first-order chi connectivity index (χ1) is 11.2. The molecule has 0 fully saturated rings. The highest BCUT2D eigenvalue weighted by Gasteiger charge is 2.12. The van der Waals surface area contributed by atoms with E-state index in [1.54, 1.807) is 12.4 Å². The maximum absolute atomic E-state index is 11.4. The van der Waals surface area contributed by atoms with Crippen molar-refractivity contribution < 1.29 is 0 Å². The number of H-pyrrole nitrogens is 2. The van der Waals surface area contributed by atoms with Crippen LogP contribution in [0.1, 0.15) is 0 Å². The quantitative estimate of drug-likeness (QED) is 0.580. The summed E-state index contributed by atoms with van der Waals surface area (Å²) in [6.45, 7) is 0. The summed E-state index contributed by atoms with van der Waals surface area (Å²) in [5, 5.41) is 0.663. The molecule has 2 heterocycles. The smallest absolute Gasteiger partial charge is 0.306 e. The van der Waals surface area contributed by atoms with Crippen molar-refractivity contribution in [2.24, 2.45) is 0 Å². The number of halogens is 1. The number of imidazole rings is 1. The normalized spacial score (nSPS) is 11.0. The molecule has 0 aliphatic rings. The van der Waals surface area contributed by atoms with E-state index in [1.165, 1.54) is 0 Å². The first kappa shape index (κ1) is 13.8.